The Balaban J connectivity index is 1.69. The summed E-state index contributed by atoms with van der Waals surface area (Å²) in [6, 6.07) is 14.7. The zero-order valence-corrected chi connectivity index (χ0v) is 19.9. The minimum Gasteiger partial charge on any atom is -0.484 e. The van der Waals surface area contributed by atoms with E-state index in [9.17, 15) is 9.59 Å². The predicted molar refractivity (Wildman–Crippen MR) is 127 cm³/mol. The van der Waals surface area contributed by atoms with Gasteiger partial charge in [0.1, 0.15) is 5.75 Å². The lowest BCUT2D eigenvalue weighted by molar-refractivity contribution is -0.123. The molecule has 3 rings (SSSR count). The van der Waals surface area contributed by atoms with Gasteiger partial charge in [-0.3, -0.25) is 4.79 Å². The number of rotatable bonds is 7. The summed E-state index contributed by atoms with van der Waals surface area (Å²) in [5, 5.41) is 4.06. The second-order valence-corrected chi connectivity index (χ2v) is 8.11. The van der Waals surface area contributed by atoms with Crippen LogP contribution in [0.25, 0.3) is 5.69 Å². The van der Waals surface area contributed by atoms with Crippen LogP contribution < -0.4 is 10.2 Å². The monoisotopic (exact) mass is 497 g/mol. The number of halogens is 1. The zero-order valence-electron chi connectivity index (χ0n) is 18.3. The smallest absolute Gasteiger partial charge is 0.337 e. The minimum absolute atomic E-state index is 0.140. The molecule has 0 saturated heterocycles. The molecule has 8 heteroatoms. The maximum atomic E-state index is 12.0. The number of nitrogens with zero attached hydrogens (tertiary/aromatic N) is 2. The number of amides is 1. The highest BCUT2D eigenvalue weighted by atomic mass is 79.9. The first-order valence-electron chi connectivity index (χ1n) is 9.88. The van der Waals surface area contributed by atoms with Gasteiger partial charge in [-0.1, -0.05) is 22.0 Å². The van der Waals surface area contributed by atoms with E-state index in [0.717, 1.165) is 32.7 Å². The molecule has 0 unspecified atom stereocenters. The second kappa shape index (κ2) is 10.3. The van der Waals surface area contributed by atoms with Crippen LogP contribution in [0, 0.1) is 20.8 Å². The third-order valence-corrected chi connectivity index (χ3v) is 5.38. The molecule has 0 spiro atoms. The Labute approximate surface area is 195 Å². The van der Waals surface area contributed by atoms with Crippen LogP contribution in [0.2, 0.25) is 0 Å². The topological polar surface area (TPSA) is 81.9 Å². The third-order valence-electron chi connectivity index (χ3n) is 4.89. The molecule has 0 aliphatic rings. The van der Waals surface area contributed by atoms with Gasteiger partial charge < -0.3 is 14.0 Å². The van der Waals surface area contributed by atoms with Crippen molar-refractivity contribution < 1.29 is 19.1 Å². The van der Waals surface area contributed by atoms with E-state index < -0.39 is 0 Å². The first kappa shape index (κ1) is 23.3. The molecule has 1 heterocycles. The van der Waals surface area contributed by atoms with Crippen molar-refractivity contribution in [3.05, 3.63) is 81.1 Å². The molecule has 7 nitrogen and oxygen atoms in total. The summed E-state index contributed by atoms with van der Waals surface area (Å²) in [6.07, 6.45) is 1.61. The number of esters is 1. The largest absolute Gasteiger partial charge is 0.484 e. The first-order valence-corrected chi connectivity index (χ1v) is 10.7. The van der Waals surface area contributed by atoms with Crippen LogP contribution in [-0.2, 0) is 9.53 Å². The lowest BCUT2D eigenvalue weighted by atomic mass is 10.1. The standard InChI is InChI=1S/C24H24BrN3O4/c1-15-10-18(24(30)31-4)8-9-22(15)28-16(2)11-19(17(28)3)13-26-27-23(29)14-32-21-7-5-6-20(25)12-21/h5-13H,14H2,1-4H3,(H,27,29)/b26-13+. The highest BCUT2D eigenvalue weighted by Crippen LogP contribution is 2.23. The number of ether oxygens (including phenoxy) is 2. The quantitative estimate of drug-likeness (QED) is 0.296. The van der Waals surface area contributed by atoms with E-state index in [2.05, 4.69) is 31.0 Å². The Morgan fingerprint density at radius 3 is 2.59 bits per heavy atom. The second-order valence-electron chi connectivity index (χ2n) is 7.19. The molecule has 0 saturated carbocycles. The molecule has 1 N–H and O–H groups in total. The summed E-state index contributed by atoms with van der Waals surface area (Å²) in [5.74, 6) is -0.132. The molecule has 0 aliphatic heterocycles. The minimum atomic E-state index is -0.368. The van der Waals surface area contributed by atoms with E-state index in [4.69, 9.17) is 9.47 Å². The fourth-order valence-electron chi connectivity index (χ4n) is 3.35. The molecule has 1 amide bonds. The molecular formula is C24H24BrN3O4. The summed E-state index contributed by atoms with van der Waals surface area (Å²) < 4.78 is 13.2. The molecule has 0 radical (unpaired) electrons. The van der Waals surface area contributed by atoms with Gasteiger partial charge in [0, 0.05) is 27.1 Å². The van der Waals surface area contributed by atoms with E-state index in [1.807, 2.05) is 45.0 Å². The normalized spacial score (nSPS) is 10.9. The number of hydrazone groups is 1. The van der Waals surface area contributed by atoms with Gasteiger partial charge >= 0.3 is 5.97 Å². The fourth-order valence-corrected chi connectivity index (χ4v) is 3.73. The van der Waals surface area contributed by atoms with Crippen LogP contribution >= 0.6 is 15.9 Å². The highest BCUT2D eigenvalue weighted by Gasteiger charge is 2.14. The van der Waals surface area contributed by atoms with Crippen LogP contribution in [0.4, 0.5) is 0 Å². The summed E-state index contributed by atoms with van der Waals surface area (Å²) >= 11 is 3.36. The van der Waals surface area contributed by atoms with Crippen molar-refractivity contribution in [1.82, 2.24) is 9.99 Å². The molecular weight excluding hydrogens is 474 g/mol. The van der Waals surface area contributed by atoms with Crippen LogP contribution in [0.3, 0.4) is 0 Å². The number of aromatic nitrogens is 1. The van der Waals surface area contributed by atoms with E-state index in [0.29, 0.717) is 11.3 Å². The zero-order chi connectivity index (χ0) is 23.3. The Kier molecular flexibility index (Phi) is 7.48. The maximum absolute atomic E-state index is 12.0. The number of nitrogens with one attached hydrogen (secondary N) is 1. The Morgan fingerprint density at radius 1 is 1.12 bits per heavy atom. The van der Waals surface area contributed by atoms with Crippen molar-refractivity contribution in [3.8, 4) is 11.4 Å². The van der Waals surface area contributed by atoms with E-state index in [1.165, 1.54) is 7.11 Å². The lowest BCUT2D eigenvalue weighted by Gasteiger charge is -2.13. The van der Waals surface area contributed by atoms with E-state index >= 15 is 0 Å². The summed E-state index contributed by atoms with van der Waals surface area (Å²) in [6.45, 7) is 5.76. The summed E-state index contributed by atoms with van der Waals surface area (Å²) in [7, 11) is 1.36. The lowest BCUT2D eigenvalue weighted by Crippen LogP contribution is -2.24. The Morgan fingerprint density at radius 2 is 1.91 bits per heavy atom. The number of hydrogen-bond acceptors (Lipinski definition) is 5. The molecule has 0 atom stereocenters. The van der Waals surface area contributed by atoms with E-state index in [-0.39, 0.29) is 18.5 Å². The van der Waals surface area contributed by atoms with Crippen molar-refractivity contribution in [2.24, 2.45) is 5.10 Å². The summed E-state index contributed by atoms with van der Waals surface area (Å²) in [4.78, 5) is 23.8. The molecule has 166 valence electrons. The van der Waals surface area contributed by atoms with Gasteiger partial charge in [-0.05, 0) is 68.8 Å². The van der Waals surface area contributed by atoms with Gasteiger partial charge in [-0.25, -0.2) is 10.2 Å². The van der Waals surface area contributed by atoms with Gasteiger partial charge in [-0.2, -0.15) is 5.10 Å². The van der Waals surface area contributed by atoms with Crippen molar-refractivity contribution >= 4 is 34.0 Å². The predicted octanol–water partition coefficient (Wildman–Crippen LogP) is 4.48. The molecule has 32 heavy (non-hydrogen) atoms. The SMILES string of the molecule is COC(=O)c1ccc(-n2c(C)cc(/C=N/NC(=O)COc3cccc(Br)c3)c2C)c(C)c1. The molecule has 2 aromatic carbocycles. The van der Waals surface area contributed by atoms with Gasteiger partial charge in [0.05, 0.1) is 18.9 Å². The van der Waals surface area contributed by atoms with Crippen molar-refractivity contribution in [2.45, 2.75) is 20.8 Å². The number of benzene rings is 2. The first-order chi connectivity index (χ1) is 15.3. The average molecular weight is 498 g/mol. The molecule has 1 aromatic heterocycles. The number of aryl methyl sites for hydroxylation is 2. The third kappa shape index (κ3) is 5.45. The van der Waals surface area contributed by atoms with Crippen molar-refractivity contribution in [2.75, 3.05) is 13.7 Å². The van der Waals surface area contributed by atoms with Crippen LogP contribution in [-0.4, -0.2) is 36.4 Å². The van der Waals surface area contributed by atoms with Crippen molar-refractivity contribution in [3.63, 3.8) is 0 Å². The van der Waals surface area contributed by atoms with Crippen LogP contribution in [0.5, 0.6) is 5.75 Å². The van der Waals surface area contributed by atoms with Crippen LogP contribution in [0.1, 0.15) is 32.9 Å². The average Bonchev–Trinajstić information content (AvgIpc) is 3.04. The number of carbonyl (C=O) groups is 2. The van der Waals surface area contributed by atoms with Gasteiger partial charge in [0.2, 0.25) is 0 Å². The van der Waals surface area contributed by atoms with Crippen LogP contribution in [0.15, 0.2) is 58.1 Å². The number of methoxy groups -OCH3 is 1. The summed E-state index contributed by atoms with van der Waals surface area (Å²) in [5.41, 5.74) is 7.71. The van der Waals surface area contributed by atoms with Gasteiger partial charge in [0.25, 0.3) is 5.91 Å². The Hall–Kier alpha value is -3.39. The molecule has 0 fully saturated rings. The fraction of sp³-hybridized carbons (Fsp3) is 0.208. The molecule has 3 aromatic rings. The molecule has 0 aliphatic carbocycles. The Bertz CT molecular complexity index is 1180. The van der Waals surface area contributed by atoms with E-state index in [1.54, 1.807) is 30.5 Å². The van der Waals surface area contributed by atoms with Gasteiger partial charge in [0.15, 0.2) is 6.61 Å². The maximum Gasteiger partial charge on any atom is 0.337 e. The molecule has 0 bridgehead atoms. The van der Waals surface area contributed by atoms with Crippen molar-refractivity contribution in [1.29, 1.82) is 0 Å². The van der Waals surface area contributed by atoms with Gasteiger partial charge in [-0.15, -0.1) is 0 Å². The number of carbonyl (C=O) groups excluding carboxylic acids is 2. The number of hydrogen-bond donors (Lipinski definition) is 1. The highest BCUT2D eigenvalue weighted by molar-refractivity contribution is 9.10.